The lowest BCUT2D eigenvalue weighted by Gasteiger charge is -2.04. The number of rotatable bonds is 2. The second kappa shape index (κ2) is 5.22. The van der Waals surface area contributed by atoms with Crippen molar-refractivity contribution in [1.82, 2.24) is 0 Å². The molecule has 0 amide bonds. The summed E-state index contributed by atoms with van der Waals surface area (Å²) in [6, 6.07) is 14.0. The first-order chi connectivity index (χ1) is 7.65. The van der Waals surface area contributed by atoms with Gasteiger partial charge in [-0.2, -0.15) is 0 Å². The van der Waals surface area contributed by atoms with Crippen LogP contribution in [0.3, 0.4) is 0 Å². The van der Waals surface area contributed by atoms with E-state index in [2.05, 4.69) is 28.1 Å². The average molecular weight is 316 g/mol. The Balaban J connectivity index is 2.24. The summed E-state index contributed by atoms with van der Waals surface area (Å²) in [4.78, 5) is 0. The third kappa shape index (κ3) is 3.00. The van der Waals surface area contributed by atoms with Crippen LogP contribution in [0.15, 0.2) is 46.9 Å². The fraction of sp³-hybridized carbons (Fsp3) is 0.0769. The lowest BCUT2D eigenvalue weighted by Crippen LogP contribution is -1.88. The van der Waals surface area contributed by atoms with E-state index in [1.165, 1.54) is 5.56 Å². The highest BCUT2D eigenvalue weighted by Crippen LogP contribution is 2.24. The molecule has 0 atom stereocenters. The Hall–Kier alpha value is -0.500. The maximum Gasteiger partial charge on any atom is 0.0595 e. The van der Waals surface area contributed by atoms with E-state index in [1.54, 1.807) is 0 Å². The molecule has 82 valence electrons. The van der Waals surface area contributed by atoms with E-state index >= 15 is 0 Å². The molecule has 16 heavy (non-hydrogen) atoms. The van der Waals surface area contributed by atoms with Gasteiger partial charge in [-0.1, -0.05) is 57.3 Å². The molecule has 0 N–H and O–H groups in total. The SMILES string of the molecule is Clc1ccc(Cc2cccc(Br)c2)cc1Cl. The van der Waals surface area contributed by atoms with Crippen LogP contribution >= 0.6 is 39.1 Å². The highest BCUT2D eigenvalue weighted by atomic mass is 79.9. The predicted molar refractivity (Wildman–Crippen MR) is 73.4 cm³/mol. The summed E-state index contributed by atoms with van der Waals surface area (Å²) >= 11 is 15.3. The van der Waals surface area contributed by atoms with Crippen molar-refractivity contribution < 1.29 is 0 Å². The lowest BCUT2D eigenvalue weighted by atomic mass is 10.1. The first kappa shape index (κ1) is 12.0. The van der Waals surface area contributed by atoms with Crippen LogP contribution in [0.2, 0.25) is 10.0 Å². The van der Waals surface area contributed by atoms with E-state index < -0.39 is 0 Å². The largest absolute Gasteiger partial charge is 0.0827 e. The van der Waals surface area contributed by atoms with Crippen molar-refractivity contribution in [3.63, 3.8) is 0 Å². The van der Waals surface area contributed by atoms with Gasteiger partial charge in [0.25, 0.3) is 0 Å². The van der Waals surface area contributed by atoms with Gasteiger partial charge in [0.2, 0.25) is 0 Å². The van der Waals surface area contributed by atoms with Crippen molar-refractivity contribution >= 4 is 39.1 Å². The highest BCUT2D eigenvalue weighted by Gasteiger charge is 2.01. The summed E-state index contributed by atoms with van der Waals surface area (Å²) in [5, 5.41) is 1.20. The maximum atomic E-state index is 5.97. The minimum atomic E-state index is 0.597. The Bertz CT molecular complexity index is 509. The second-order valence-electron chi connectivity index (χ2n) is 3.56. The monoisotopic (exact) mass is 314 g/mol. The van der Waals surface area contributed by atoms with Gasteiger partial charge in [0.1, 0.15) is 0 Å². The van der Waals surface area contributed by atoms with E-state index in [-0.39, 0.29) is 0 Å². The molecular formula is C13H9BrCl2. The summed E-state index contributed by atoms with van der Waals surface area (Å²) in [5.41, 5.74) is 2.40. The van der Waals surface area contributed by atoms with Crippen molar-refractivity contribution in [2.75, 3.05) is 0 Å². The average Bonchev–Trinajstić information content (AvgIpc) is 2.24. The molecule has 2 aromatic rings. The molecule has 0 fully saturated rings. The molecule has 0 nitrogen and oxygen atoms in total. The molecule has 0 unspecified atom stereocenters. The van der Waals surface area contributed by atoms with Crippen LogP contribution in [0.4, 0.5) is 0 Å². The van der Waals surface area contributed by atoms with Gasteiger partial charge in [0, 0.05) is 4.47 Å². The minimum absolute atomic E-state index is 0.597. The molecule has 0 spiro atoms. The molecule has 0 radical (unpaired) electrons. The van der Waals surface area contributed by atoms with Crippen LogP contribution in [0, 0.1) is 0 Å². The van der Waals surface area contributed by atoms with Gasteiger partial charge in [-0.25, -0.2) is 0 Å². The van der Waals surface area contributed by atoms with E-state index in [1.807, 2.05) is 30.3 Å². The summed E-state index contributed by atoms with van der Waals surface area (Å²) < 4.78 is 1.09. The third-order valence-corrected chi connectivity index (χ3v) is 3.51. The Labute approximate surface area is 113 Å². The van der Waals surface area contributed by atoms with E-state index in [0.717, 1.165) is 16.5 Å². The Kier molecular flexibility index (Phi) is 3.91. The van der Waals surface area contributed by atoms with E-state index in [9.17, 15) is 0 Å². The maximum absolute atomic E-state index is 5.97. The van der Waals surface area contributed by atoms with E-state index in [0.29, 0.717) is 10.0 Å². The topological polar surface area (TPSA) is 0 Å². The standard InChI is InChI=1S/C13H9BrCl2/c14-11-3-1-2-9(7-11)6-10-4-5-12(15)13(16)8-10/h1-5,7-8H,6H2. The smallest absolute Gasteiger partial charge is 0.0595 e. The zero-order valence-corrected chi connectivity index (χ0v) is 11.5. The van der Waals surface area contributed by atoms with Crippen molar-refractivity contribution in [1.29, 1.82) is 0 Å². The van der Waals surface area contributed by atoms with Crippen LogP contribution in [0.25, 0.3) is 0 Å². The van der Waals surface area contributed by atoms with Crippen LogP contribution in [0.1, 0.15) is 11.1 Å². The molecule has 2 rings (SSSR count). The fourth-order valence-electron chi connectivity index (χ4n) is 1.53. The second-order valence-corrected chi connectivity index (χ2v) is 5.29. The highest BCUT2D eigenvalue weighted by molar-refractivity contribution is 9.10. The fourth-order valence-corrected chi connectivity index (χ4v) is 2.30. The molecule has 3 heteroatoms. The molecular weight excluding hydrogens is 307 g/mol. The number of hydrogen-bond donors (Lipinski definition) is 0. The van der Waals surface area contributed by atoms with Gasteiger partial charge < -0.3 is 0 Å². The zero-order valence-electron chi connectivity index (χ0n) is 8.38. The Morgan fingerprint density at radius 3 is 2.31 bits per heavy atom. The van der Waals surface area contributed by atoms with Gasteiger partial charge in [-0.05, 0) is 41.8 Å². The van der Waals surface area contributed by atoms with Crippen molar-refractivity contribution in [2.24, 2.45) is 0 Å². The first-order valence-corrected chi connectivity index (χ1v) is 6.38. The van der Waals surface area contributed by atoms with Crippen LogP contribution in [-0.4, -0.2) is 0 Å². The Morgan fingerprint density at radius 2 is 1.62 bits per heavy atom. The van der Waals surface area contributed by atoms with Crippen LogP contribution in [0.5, 0.6) is 0 Å². The van der Waals surface area contributed by atoms with E-state index in [4.69, 9.17) is 23.2 Å². The molecule has 0 aliphatic heterocycles. The normalized spacial score (nSPS) is 10.4. The van der Waals surface area contributed by atoms with Gasteiger partial charge in [-0.15, -0.1) is 0 Å². The minimum Gasteiger partial charge on any atom is -0.0827 e. The zero-order chi connectivity index (χ0) is 11.5. The number of halogens is 3. The number of benzene rings is 2. The first-order valence-electron chi connectivity index (χ1n) is 4.83. The molecule has 0 aromatic heterocycles. The van der Waals surface area contributed by atoms with Crippen molar-refractivity contribution in [3.8, 4) is 0 Å². The molecule has 0 aliphatic rings. The molecule has 2 aromatic carbocycles. The lowest BCUT2D eigenvalue weighted by molar-refractivity contribution is 1.19. The van der Waals surface area contributed by atoms with Gasteiger partial charge in [0.15, 0.2) is 0 Å². The van der Waals surface area contributed by atoms with Gasteiger partial charge >= 0.3 is 0 Å². The summed E-state index contributed by atoms with van der Waals surface area (Å²) in [7, 11) is 0. The molecule has 0 bridgehead atoms. The van der Waals surface area contributed by atoms with Gasteiger partial charge in [-0.3, -0.25) is 0 Å². The van der Waals surface area contributed by atoms with Gasteiger partial charge in [0.05, 0.1) is 10.0 Å². The number of hydrogen-bond acceptors (Lipinski definition) is 0. The summed E-state index contributed by atoms with van der Waals surface area (Å²) in [5.74, 6) is 0. The quantitative estimate of drug-likeness (QED) is 0.701. The Morgan fingerprint density at radius 1 is 0.875 bits per heavy atom. The molecule has 0 heterocycles. The molecule has 0 aliphatic carbocycles. The van der Waals surface area contributed by atoms with Crippen molar-refractivity contribution in [3.05, 3.63) is 68.1 Å². The third-order valence-electron chi connectivity index (χ3n) is 2.28. The van der Waals surface area contributed by atoms with Crippen molar-refractivity contribution in [2.45, 2.75) is 6.42 Å². The van der Waals surface area contributed by atoms with Crippen LogP contribution in [-0.2, 0) is 6.42 Å². The summed E-state index contributed by atoms with van der Waals surface area (Å²) in [6.07, 6.45) is 0.857. The predicted octanol–water partition coefficient (Wildman–Crippen LogP) is 5.35. The summed E-state index contributed by atoms with van der Waals surface area (Å²) in [6.45, 7) is 0. The molecule has 0 saturated heterocycles. The van der Waals surface area contributed by atoms with Crippen LogP contribution < -0.4 is 0 Å². The molecule has 0 saturated carbocycles.